The maximum Gasteiger partial charge on any atom is 0.233 e. The van der Waals surface area contributed by atoms with E-state index in [0.717, 1.165) is 26.2 Å². The summed E-state index contributed by atoms with van der Waals surface area (Å²) in [6, 6.07) is 2.40. The SMILES string of the molecule is O=S(=O)(CCN1CCNCC1)Nc1cc(Cl)c(F)c(Cl)c1. The smallest absolute Gasteiger partial charge is 0.233 e. The van der Waals surface area contributed by atoms with E-state index in [2.05, 4.69) is 14.9 Å². The third-order valence-corrected chi connectivity index (χ3v) is 4.96. The van der Waals surface area contributed by atoms with E-state index < -0.39 is 15.8 Å². The van der Waals surface area contributed by atoms with E-state index in [1.807, 2.05) is 0 Å². The minimum Gasteiger partial charge on any atom is -0.314 e. The zero-order chi connectivity index (χ0) is 15.5. The quantitative estimate of drug-likeness (QED) is 0.790. The van der Waals surface area contributed by atoms with Crippen LogP contribution in [0.15, 0.2) is 12.1 Å². The predicted octanol–water partition coefficient (Wildman–Crippen LogP) is 1.78. The van der Waals surface area contributed by atoms with Crippen LogP contribution in [0.3, 0.4) is 0 Å². The molecule has 1 heterocycles. The lowest BCUT2D eigenvalue weighted by molar-refractivity contribution is 0.254. The van der Waals surface area contributed by atoms with Gasteiger partial charge in [0.2, 0.25) is 10.0 Å². The highest BCUT2D eigenvalue weighted by Crippen LogP contribution is 2.27. The molecule has 0 aromatic heterocycles. The number of benzene rings is 1. The molecule has 1 aliphatic rings. The van der Waals surface area contributed by atoms with E-state index in [1.54, 1.807) is 0 Å². The van der Waals surface area contributed by atoms with Crippen molar-refractivity contribution in [3.8, 4) is 0 Å². The number of sulfonamides is 1. The van der Waals surface area contributed by atoms with Crippen molar-refractivity contribution in [1.82, 2.24) is 10.2 Å². The zero-order valence-corrected chi connectivity index (χ0v) is 13.5. The van der Waals surface area contributed by atoms with Crippen molar-refractivity contribution >= 4 is 38.9 Å². The third kappa shape index (κ3) is 4.96. The van der Waals surface area contributed by atoms with Crippen LogP contribution in [0, 0.1) is 5.82 Å². The Kier molecular flexibility index (Phi) is 5.67. The fourth-order valence-corrected chi connectivity index (χ4v) is 3.59. The fourth-order valence-electron chi connectivity index (χ4n) is 2.03. The van der Waals surface area contributed by atoms with E-state index in [-0.39, 0.29) is 21.5 Å². The molecule has 0 bridgehead atoms. The van der Waals surface area contributed by atoms with Gasteiger partial charge in [-0.05, 0) is 12.1 Å². The van der Waals surface area contributed by atoms with E-state index in [4.69, 9.17) is 23.2 Å². The number of hydrogen-bond acceptors (Lipinski definition) is 4. The molecule has 0 aliphatic carbocycles. The Morgan fingerprint density at radius 1 is 1.24 bits per heavy atom. The molecular weight excluding hydrogens is 340 g/mol. The van der Waals surface area contributed by atoms with Gasteiger partial charge in [0.1, 0.15) is 0 Å². The second-order valence-corrected chi connectivity index (χ2v) is 7.42. The van der Waals surface area contributed by atoms with Crippen molar-refractivity contribution < 1.29 is 12.8 Å². The molecule has 0 atom stereocenters. The first kappa shape index (κ1) is 16.8. The summed E-state index contributed by atoms with van der Waals surface area (Å²) in [5.74, 6) is -0.804. The monoisotopic (exact) mass is 355 g/mol. The summed E-state index contributed by atoms with van der Waals surface area (Å²) < 4.78 is 39.7. The van der Waals surface area contributed by atoms with Gasteiger partial charge in [-0.15, -0.1) is 0 Å². The van der Waals surface area contributed by atoms with Crippen LogP contribution in [-0.2, 0) is 10.0 Å². The number of piperazine rings is 1. The number of nitrogens with zero attached hydrogens (tertiary/aromatic N) is 1. The average molecular weight is 356 g/mol. The number of nitrogens with one attached hydrogen (secondary N) is 2. The third-order valence-electron chi connectivity index (χ3n) is 3.14. The maximum absolute atomic E-state index is 13.3. The Hall–Kier alpha value is -0.600. The summed E-state index contributed by atoms with van der Waals surface area (Å²) in [5, 5.41) is 2.76. The van der Waals surface area contributed by atoms with Gasteiger partial charge in [-0.2, -0.15) is 0 Å². The number of anilines is 1. The minimum atomic E-state index is -3.53. The van der Waals surface area contributed by atoms with Crippen LogP contribution in [0.1, 0.15) is 0 Å². The Morgan fingerprint density at radius 2 is 1.81 bits per heavy atom. The van der Waals surface area contributed by atoms with Crippen molar-refractivity contribution in [2.75, 3.05) is 43.2 Å². The molecule has 2 rings (SSSR count). The molecule has 1 aromatic carbocycles. The molecule has 21 heavy (non-hydrogen) atoms. The molecule has 0 amide bonds. The van der Waals surface area contributed by atoms with Gasteiger partial charge in [0.25, 0.3) is 0 Å². The zero-order valence-electron chi connectivity index (χ0n) is 11.2. The molecule has 0 spiro atoms. The molecule has 9 heteroatoms. The lowest BCUT2D eigenvalue weighted by atomic mass is 10.3. The van der Waals surface area contributed by atoms with Crippen LogP contribution in [0.5, 0.6) is 0 Å². The van der Waals surface area contributed by atoms with Gasteiger partial charge >= 0.3 is 0 Å². The molecule has 0 unspecified atom stereocenters. The Labute approximate surface area is 133 Å². The molecule has 1 saturated heterocycles. The van der Waals surface area contributed by atoms with Gasteiger partial charge in [-0.3, -0.25) is 9.62 Å². The molecule has 5 nitrogen and oxygen atoms in total. The van der Waals surface area contributed by atoms with Crippen LogP contribution in [0.4, 0.5) is 10.1 Å². The summed E-state index contributed by atoms with van der Waals surface area (Å²) in [5.41, 5.74) is 0.159. The van der Waals surface area contributed by atoms with Crippen molar-refractivity contribution in [2.45, 2.75) is 0 Å². The molecule has 1 fully saturated rings. The Morgan fingerprint density at radius 3 is 2.38 bits per heavy atom. The summed E-state index contributed by atoms with van der Waals surface area (Å²) >= 11 is 11.3. The minimum absolute atomic E-state index is 0.0420. The van der Waals surface area contributed by atoms with Crippen molar-refractivity contribution in [2.24, 2.45) is 0 Å². The molecule has 1 aliphatic heterocycles. The van der Waals surface area contributed by atoms with E-state index in [9.17, 15) is 12.8 Å². The first-order valence-electron chi connectivity index (χ1n) is 6.45. The van der Waals surface area contributed by atoms with Gasteiger partial charge < -0.3 is 5.32 Å². The van der Waals surface area contributed by atoms with Crippen LogP contribution >= 0.6 is 23.2 Å². The summed E-state index contributed by atoms with van der Waals surface area (Å²) in [7, 11) is -3.53. The van der Waals surface area contributed by atoms with Crippen LogP contribution in [-0.4, -0.2) is 51.8 Å². The molecule has 1 aromatic rings. The summed E-state index contributed by atoms with van der Waals surface area (Å²) in [6.45, 7) is 3.81. The van der Waals surface area contributed by atoms with E-state index in [0.29, 0.717) is 6.54 Å². The number of halogens is 3. The number of rotatable bonds is 5. The molecule has 0 radical (unpaired) electrons. The highest BCUT2D eigenvalue weighted by Gasteiger charge is 2.17. The van der Waals surface area contributed by atoms with E-state index in [1.165, 1.54) is 12.1 Å². The first-order chi connectivity index (χ1) is 9.87. The lowest BCUT2D eigenvalue weighted by Crippen LogP contribution is -2.45. The first-order valence-corrected chi connectivity index (χ1v) is 8.86. The number of hydrogen-bond donors (Lipinski definition) is 2. The topological polar surface area (TPSA) is 61.4 Å². The van der Waals surface area contributed by atoms with Gasteiger partial charge in [-0.1, -0.05) is 23.2 Å². The van der Waals surface area contributed by atoms with Gasteiger partial charge in [0.15, 0.2) is 5.82 Å². The summed E-state index contributed by atoms with van der Waals surface area (Å²) in [4.78, 5) is 2.07. The standard InChI is InChI=1S/C12H16Cl2FN3O2S/c13-10-7-9(8-11(14)12(10)15)17-21(19,20)6-5-18-3-1-16-2-4-18/h7-8,16-17H,1-6H2. The Bertz CT molecular complexity index is 584. The maximum atomic E-state index is 13.3. The second kappa shape index (κ2) is 7.11. The molecular formula is C12H16Cl2FN3O2S. The van der Waals surface area contributed by atoms with Crippen LogP contribution in [0.2, 0.25) is 10.0 Å². The highest BCUT2D eigenvalue weighted by molar-refractivity contribution is 7.92. The Balaban J connectivity index is 1.97. The fraction of sp³-hybridized carbons (Fsp3) is 0.500. The normalized spacial score (nSPS) is 16.9. The second-order valence-electron chi connectivity index (χ2n) is 4.77. The van der Waals surface area contributed by atoms with E-state index >= 15 is 0 Å². The lowest BCUT2D eigenvalue weighted by Gasteiger charge is -2.26. The van der Waals surface area contributed by atoms with Crippen molar-refractivity contribution in [1.29, 1.82) is 0 Å². The summed E-state index contributed by atoms with van der Waals surface area (Å²) in [6.07, 6.45) is 0. The van der Waals surface area contributed by atoms with Gasteiger partial charge in [-0.25, -0.2) is 12.8 Å². The van der Waals surface area contributed by atoms with Gasteiger partial charge in [0.05, 0.1) is 21.5 Å². The van der Waals surface area contributed by atoms with Gasteiger partial charge in [0, 0.05) is 32.7 Å². The average Bonchev–Trinajstić information content (AvgIpc) is 2.43. The van der Waals surface area contributed by atoms with Crippen LogP contribution in [0.25, 0.3) is 0 Å². The largest absolute Gasteiger partial charge is 0.314 e. The van der Waals surface area contributed by atoms with Crippen molar-refractivity contribution in [3.63, 3.8) is 0 Å². The van der Waals surface area contributed by atoms with Crippen molar-refractivity contribution in [3.05, 3.63) is 28.0 Å². The molecule has 0 saturated carbocycles. The molecule has 2 N–H and O–H groups in total. The molecule has 118 valence electrons. The highest BCUT2D eigenvalue weighted by atomic mass is 35.5. The van der Waals surface area contributed by atoms with Crippen LogP contribution < -0.4 is 10.0 Å². The predicted molar refractivity (Wildman–Crippen MR) is 83.1 cm³/mol.